The molecule has 4 nitrogen and oxygen atoms in total. The highest BCUT2D eigenvalue weighted by molar-refractivity contribution is 7.18. The molecule has 0 saturated carbocycles. The van der Waals surface area contributed by atoms with E-state index >= 15 is 0 Å². The lowest BCUT2D eigenvalue weighted by Gasteiger charge is -2.02. The third kappa shape index (κ3) is 4.39. The van der Waals surface area contributed by atoms with Crippen LogP contribution in [0.1, 0.15) is 28.6 Å². The lowest BCUT2D eigenvalue weighted by molar-refractivity contribution is -0.116. The smallest absolute Gasteiger partial charge is 0.226 e. The van der Waals surface area contributed by atoms with Gasteiger partial charge in [0.25, 0.3) is 0 Å². The number of thiazole rings is 1. The first-order valence-electron chi connectivity index (χ1n) is 8.04. The van der Waals surface area contributed by atoms with Crippen LogP contribution in [0.4, 0.5) is 5.13 Å². The maximum atomic E-state index is 12.2. The zero-order valence-corrected chi connectivity index (χ0v) is 14.7. The number of hydrogen-bond donors (Lipinski definition) is 1. The Hall–Kier alpha value is -2.79. The Labute approximate surface area is 150 Å². The van der Waals surface area contributed by atoms with E-state index in [1.807, 2.05) is 60.7 Å². The number of ketones is 1. The van der Waals surface area contributed by atoms with Gasteiger partial charge in [-0.3, -0.25) is 9.59 Å². The molecule has 0 fully saturated rings. The number of nitrogens with zero attached hydrogens (tertiary/aromatic N) is 1. The topological polar surface area (TPSA) is 59.1 Å². The summed E-state index contributed by atoms with van der Waals surface area (Å²) in [4.78, 5) is 29.1. The molecule has 1 aromatic heterocycles. The van der Waals surface area contributed by atoms with Crippen molar-refractivity contribution in [3.8, 4) is 11.3 Å². The minimum Gasteiger partial charge on any atom is -0.302 e. The van der Waals surface area contributed by atoms with Crippen molar-refractivity contribution >= 4 is 28.2 Å². The number of Topliss-reactive ketones (excluding diaryl/α,β-unsaturated/α-hetero) is 1. The van der Waals surface area contributed by atoms with Crippen LogP contribution in [0.15, 0.2) is 60.7 Å². The van der Waals surface area contributed by atoms with Crippen LogP contribution in [0.2, 0.25) is 0 Å². The lowest BCUT2D eigenvalue weighted by atomic mass is 10.1. The number of carbonyl (C=O) groups is 2. The van der Waals surface area contributed by atoms with Crippen molar-refractivity contribution in [2.45, 2.75) is 19.8 Å². The van der Waals surface area contributed by atoms with Gasteiger partial charge in [-0.25, -0.2) is 4.98 Å². The summed E-state index contributed by atoms with van der Waals surface area (Å²) in [5.41, 5.74) is 2.61. The van der Waals surface area contributed by atoms with Gasteiger partial charge in [-0.2, -0.15) is 0 Å². The van der Waals surface area contributed by atoms with E-state index < -0.39 is 0 Å². The van der Waals surface area contributed by atoms with Gasteiger partial charge in [-0.1, -0.05) is 72.0 Å². The van der Waals surface area contributed by atoms with Gasteiger partial charge in [0.1, 0.15) is 0 Å². The van der Waals surface area contributed by atoms with E-state index in [9.17, 15) is 9.59 Å². The first kappa shape index (κ1) is 17.0. The van der Waals surface area contributed by atoms with Crippen LogP contribution in [0.3, 0.4) is 0 Å². The highest BCUT2D eigenvalue weighted by Crippen LogP contribution is 2.31. The first-order chi connectivity index (χ1) is 12.1. The fourth-order valence-electron chi connectivity index (χ4n) is 2.49. The zero-order chi connectivity index (χ0) is 17.6. The summed E-state index contributed by atoms with van der Waals surface area (Å²) in [6.45, 7) is 1.51. The van der Waals surface area contributed by atoms with Crippen LogP contribution in [0, 0.1) is 0 Å². The predicted molar refractivity (Wildman–Crippen MR) is 101 cm³/mol. The Morgan fingerprint density at radius 1 is 1.00 bits per heavy atom. The lowest BCUT2D eigenvalue weighted by Crippen LogP contribution is -2.12. The van der Waals surface area contributed by atoms with Crippen molar-refractivity contribution in [1.29, 1.82) is 0 Å². The van der Waals surface area contributed by atoms with Crippen LogP contribution < -0.4 is 5.32 Å². The number of nitrogens with one attached hydrogen (secondary N) is 1. The van der Waals surface area contributed by atoms with Gasteiger partial charge < -0.3 is 5.32 Å². The van der Waals surface area contributed by atoms with Crippen molar-refractivity contribution in [3.63, 3.8) is 0 Å². The molecule has 0 atom stereocenters. The largest absolute Gasteiger partial charge is 0.302 e. The van der Waals surface area contributed by atoms with Crippen LogP contribution in [0.5, 0.6) is 0 Å². The number of benzene rings is 2. The van der Waals surface area contributed by atoms with E-state index in [2.05, 4.69) is 10.3 Å². The Bertz CT molecular complexity index is 873. The number of aromatic nitrogens is 1. The molecular weight excluding hydrogens is 332 g/mol. The number of carbonyl (C=O) groups excluding carboxylic acids is 2. The molecule has 0 aliphatic rings. The SMILES string of the molecule is CC(=O)c1sc(NC(=O)CCc2ccccc2)nc1-c1ccccc1. The van der Waals surface area contributed by atoms with E-state index in [0.29, 0.717) is 28.5 Å². The average Bonchev–Trinajstić information content (AvgIpc) is 3.06. The third-order valence-electron chi connectivity index (χ3n) is 3.72. The molecule has 0 spiro atoms. The highest BCUT2D eigenvalue weighted by Gasteiger charge is 2.17. The van der Waals surface area contributed by atoms with E-state index in [1.165, 1.54) is 18.3 Å². The van der Waals surface area contributed by atoms with Crippen LogP contribution in [0.25, 0.3) is 11.3 Å². The summed E-state index contributed by atoms with van der Waals surface area (Å²) < 4.78 is 0. The quantitative estimate of drug-likeness (QED) is 0.662. The number of anilines is 1. The van der Waals surface area contributed by atoms with Crippen LogP contribution >= 0.6 is 11.3 Å². The molecule has 1 heterocycles. The van der Waals surface area contributed by atoms with Crippen LogP contribution in [-0.2, 0) is 11.2 Å². The number of aryl methyl sites for hydroxylation is 1. The Morgan fingerprint density at radius 3 is 2.28 bits per heavy atom. The highest BCUT2D eigenvalue weighted by atomic mass is 32.1. The van der Waals surface area contributed by atoms with Crippen LogP contribution in [-0.4, -0.2) is 16.7 Å². The van der Waals surface area contributed by atoms with Gasteiger partial charge in [0.2, 0.25) is 5.91 Å². The fourth-order valence-corrected chi connectivity index (χ4v) is 3.39. The summed E-state index contributed by atoms with van der Waals surface area (Å²) in [6, 6.07) is 19.4. The maximum absolute atomic E-state index is 12.2. The minimum absolute atomic E-state index is 0.0545. The van der Waals surface area contributed by atoms with Crippen molar-refractivity contribution in [3.05, 3.63) is 71.1 Å². The van der Waals surface area contributed by atoms with E-state index in [0.717, 1.165) is 11.1 Å². The molecule has 3 aromatic rings. The Balaban J connectivity index is 1.72. The molecule has 1 N–H and O–H groups in total. The van der Waals surface area contributed by atoms with Gasteiger partial charge >= 0.3 is 0 Å². The predicted octanol–water partition coefficient (Wildman–Crippen LogP) is 4.58. The number of hydrogen-bond acceptors (Lipinski definition) is 4. The Morgan fingerprint density at radius 2 is 1.64 bits per heavy atom. The van der Waals surface area contributed by atoms with Crippen molar-refractivity contribution < 1.29 is 9.59 Å². The van der Waals surface area contributed by atoms with Gasteiger partial charge in [-0.15, -0.1) is 0 Å². The molecule has 3 rings (SSSR count). The molecule has 1 amide bonds. The first-order valence-corrected chi connectivity index (χ1v) is 8.86. The molecule has 126 valence electrons. The maximum Gasteiger partial charge on any atom is 0.226 e. The summed E-state index contributed by atoms with van der Waals surface area (Å²) in [5.74, 6) is -0.159. The summed E-state index contributed by atoms with van der Waals surface area (Å²) >= 11 is 1.22. The second-order valence-electron chi connectivity index (χ2n) is 5.65. The normalized spacial score (nSPS) is 10.4. The van der Waals surface area contributed by atoms with E-state index in [4.69, 9.17) is 0 Å². The summed E-state index contributed by atoms with van der Waals surface area (Å²) in [5, 5.41) is 3.27. The molecule has 0 aliphatic heterocycles. The molecule has 0 bridgehead atoms. The summed E-state index contributed by atoms with van der Waals surface area (Å²) in [6.07, 6.45) is 1.04. The monoisotopic (exact) mass is 350 g/mol. The molecular formula is C20H18N2O2S. The Kier molecular flexibility index (Phi) is 5.36. The van der Waals surface area contributed by atoms with E-state index in [1.54, 1.807) is 0 Å². The third-order valence-corrected chi connectivity index (χ3v) is 4.80. The number of rotatable bonds is 6. The standard InChI is InChI=1S/C20H18N2O2S/c1-14(23)19-18(16-10-6-3-7-11-16)22-20(25-19)21-17(24)13-12-15-8-4-2-5-9-15/h2-11H,12-13H2,1H3,(H,21,22,24). The van der Waals surface area contributed by atoms with E-state index in [-0.39, 0.29) is 11.7 Å². The molecule has 0 aliphatic carbocycles. The second-order valence-corrected chi connectivity index (χ2v) is 6.65. The molecule has 0 unspecified atom stereocenters. The fraction of sp³-hybridized carbons (Fsp3) is 0.150. The second kappa shape index (κ2) is 7.85. The molecule has 0 saturated heterocycles. The van der Waals surface area contributed by atoms with Gasteiger partial charge in [0.05, 0.1) is 10.6 Å². The van der Waals surface area contributed by atoms with Gasteiger partial charge in [-0.05, 0) is 12.0 Å². The van der Waals surface area contributed by atoms with Crippen molar-refractivity contribution in [2.75, 3.05) is 5.32 Å². The van der Waals surface area contributed by atoms with Gasteiger partial charge in [0.15, 0.2) is 10.9 Å². The number of amides is 1. The molecule has 25 heavy (non-hydrogen) atoms. The van der Waals surface area contributed by atoms with Gasteiger partial charge in [0, 0.05) is 18.9 Å². The molecule has 5 heteroatoms. The van der Waals surface area contributed by atoms with Crippen molar-refractivity contribution in [1.82, 2.24) is 4.98 Å². The average molecular weight is 350 g/mol. The minimum atomic E-state index is -0.104. The summed E-state index contributed by atoms with van der Waals surface area (Å²) in [7, 11) is 0. The molecule has 0 radical (unpaired) electrons. The zero-order valence-electron chi connectivity index (χ0n) is 13.9. The molecule has 2 aromatic carbocycles. The van der Waals surface area contributed by atoms with Crippen molar-refractivity contribution in [2.24, 2.45) is 0 Å².